The second kappa shape index (κ2) is 7.06. The predicted octanol–water partition coefficient (Wildman–Crippen LogP) is 1.92. The highest BCUT2D eigenvalue weighted by Gasteiger charge is 2.06. The summed E-state index contributed by atoms with van der Waals surface area (Å²) < 4.78 is 5.36. The van der Waals surface area contributed by atoms with Crippen molar-refractivity contribution in [1.29, 1.82) is 0 Å². The zero-order valence-electron chi connectivity index (χ0n) is 11.1. The predicted molar refractivity (Wildman–Crippen MR) is 70.5 cm³/mol. The molecule has 1 atom stereocenters. The lowest BCUT2D eigenvalue weighted by atomic mass is 10.3. The summed E-state index contributed by atoms with van der Waals surface area (Å²) in [6.07, 6.45) is 0.823. The van der Waals surface area contributed by atoms with Crippen LogP contribution in [0.25, 0.3) is 0 Å². The number of nitrogens with one attached hydrogen (secondary N) is 2. The van der Waals surface area contributed by atoms with Crippen LogP contribution in [0.3, 0.4) is 0 Å². The summed E-state index contributed by atoms with van der Waals surface area (Å²) in [5.74, 6) is 2.51. The summed E-state index contributed by atoms with van der Waals surface area (Å²) >= 11 is 0. The first-order valence-electron chi connectivity index (χ1n) is 6.09. The topological polar surface area (TPSA) is 59.1 Å². The largest absolute Gasteiger partial charge is 0.380 e. The minimum Gasteiger partial charge on any atom is -0.380 e. The van der Waals surface area contributed by atoms with Crippen molar-refractivity contribution < 1.29 is 4.74 Å². The van der Waals surface area contributed by atoms with Crippen LogP contribution < -0.4 is 10.6 Å². The molecule has 1 aromatic rings. The molecule has 2 N–H and O–H groups in total. The van der Waals surface area contributed by atoms with E-state index in [9.17, 15) is 0 Å². The van der Waals surface area contributed by atoms with Gasteiger partial charge in [0.25, 0.3) is 0 Å². The van der Waals surface area contributed by atoms with Crippen LogP contribution in [0.4, 0.5) is 11.6 Å². The number of rotatable bonds is 7. The van der Waals surface area contributed by atoms with Gasteiger partial charge in [-0.2, -0.15) is 0 Å². The van der Waals surface area contributed by atoms with Crippen LogP contribution in [0, 0.1) is 0 Å². The summed E-state index contributed by atoms with van der Waals surface area (Å²) in [5, 5.41) is 6.35. The Morgan fingerprint density at radius 1 is 1.29 bits per heavy atom. The van der Waals surface area contributed by atoms with Crippen molar-refractivity contribution in [2.24, 2.45) is 0 Å². The fraction of sp³-hybridized carbons (Fsp3) is 0.667. The van der Waals surface area contributed by atoms with Crippen molar-refractivity contribution in [3.8, 4) is 0 Å². The van der Waals surface area contributed by atoms with E-state index in [1.165, 1.54) is 0 Å². The molecule has 0 radical (unpaired) electrons. The summed E-state index contributed by atoms with van der Waals surface area (Å²) in [4.78, 5) is 8.78. The molecule has 0 bridgehead atoms. The van der Waals surface area contributed by atoms with Gasteiger partial charge >= 0.3 is 0 Å². The normalized spacial score (nSPS) is 12.2. The molecule has 0 aliphatic heterocycles. The van der Waals surface area contributed by atoms with E-state index in [-0.39, 0.29) is 6.04 Å². The van der Waals surface area contributed by atoms with Gasteiger partial charge in [-0.3, -0.25) is 0 Å². The summed E-state index contributed by atoms with van der Waals surface area (Å²) in [5.41, 5.74) is 0. The van der Waals surface area contributed by atoms with E-state index in [1.54, 1.807) is 0 Å². The van der Waals surface area contributed by atoms with Crippen LogP contribution in [0.5, 0.6) is 0 Å². The molecule has 17 heavy (non-hydrogen) atoms. The van der Waals surface area contributed by atoms with Crippen LogP contribution in [0.1, 0.15) is 26.6 Å². The number of aromatic nitrogens is 2. The van der Waals surface area contributed by atoms with Gasteiger partial charge in [0.15, 0.2) is 0 Å². The van der Waals surface area contributed by atoms with Crippen LogP contribution in [-0.4, -0.2) is 36.3 Å². The van der Waals surface area contributed by atoms with Crippen molar-refractivity contribution in [3.05, 3.63) is 11.9 Å². The molecule has 1 rings (SSSR count). The highest BCUT2D eigenvalue weighted by atomic mass is 16.5. The van der Waals surface area contributed by atoms with E-state index in [1.807, 2.05) is 27.0 Å². The van der Waals surface area contributed by atoms with E-state index in [0.717, 1.165) is 30.5 Å². The zero-order chi connectivity index (χ0) is 12.7. The average molecular weight is 238 g/mol. The van der Waals surface area contributed by atoms with Gasteiger partial charge in [0, 0.05) is 32.2 Å². The van der Waals surface area contributed by atoms with Crippen LogP contribution in [-0.2, 0) is 11.2 Å². The van der Waals surface area contributed by atoms with E-state index in [0.29, 0.717) is 6.61 Å². The third-order valence-corrected chi connectivity index (χ3v) is 2.31. The van der Waals surface area contributed by atoms with Crippen molar-refractivity contribution >= 4 is 11.6 Å². The van der Waals surface area contributed by atoms with Gasteiger partial charge in [-0.15, -0.1) is 0 Å². The molecule has 5 heteroatoms. The first kappa shape index (κ1) is 13.7. The minimum absolute atomic E-state index is 0.235. The van der Waals surface area contributed by atoms with Crippen LogP contribution in [0.15, 0.2) is 6.07 Å². The van der Waals surface area contributed by atoms with E-state index in [2.05, 4.69) is 27.5 Å². The number of ether oxygens (including phenoxy) is 1. The molecule has 0 saturated carbocycles. The van der Waals surface area contributed by atoms with Crippen LogP contribution in [0.2, 0.25) is 0 Å². The number of anilines is 2. The molecule has 0 fully saturated rings. The Hall–Kier alpha value is -1.36. The fourth-order valence-corrected chi connectivity index (χ4v) is 1.45. The molecule has 0 spiro atoms. The monoisotopic (exact) mass is 238 g/mol. The Morgan fingerprint density at radius 2 is 2.00 bits per heavy atom. The minimum atomic E-state index is 0.235. The molecular formula is C12H22N4O. The molecule has 0 amide bonds. The van der Waals surface area contributed by atoms with Crippen molar-refractivity contribution in [1.82, 2.24) is 9.97 Å². The molecule has 0 aliphatic carbocycles. The third-order valence-electron chi connectivity index (χ3n) is 2.31. The molecule has 0 aromatic carbocycles. The van der Waals surface area contributed by atoms with Gasteiger partial charge in [-0.1, -0.05) is 6.92 Å². The maximum absolute atomic E-state index is 5.36. The molecule has 96 valence electrons. The lowest BCUT2D eigenvalue weighted by Crippen LogP contribution is -2.22. The lowest BCUT2D eigenvalue weighted by molar-refractivity contribution is 0.141. The molecule has 5 nitrogen and oxygen atoms in total. The summed E-state index contributed by atoms with van der Waals surface area (Å²) in [6, 6.07) is 2.14. The number of hydrogen-bond donors (Lipinski definition) is 2. The van der Waals surface area contributed by atoms with Crippen LogP contribution >= 0.6 is 0 Å². The smallest absolute Gasteiger partial charge is 0.132 e. The van der Waals surface area contributed by atoms with E-state index in [4.69, 9.17) is 4.74 Å². The molecule has 1 aromatic heterocycles. The van der Waals surface area contributed by atoms with Gasteiger partial charge in [0.05, 0.1) is 6.61 Å². The maximum atomic E-state index is 5.36. The van der Waals surface area contributed by atoms with Gasteiger partial charge in [-0.05, 0) is 13.8 Å². The number of hydrogen-bond acceptors (Lipinski definition) is 5. The van der Waals surface area contributed by atoms with Gasteiger partial charge in [0.2, 0.25) is 0 Å². The summed E-state index contributed by atoms with van der Waals surface area (Å²) in [6.45, 7) is 7.52. The highest BCUT2D eigenvalue weighted by Crippen LogP contribution is 2.12. The molecule has 0 saturated heterocycles. The average Bonchev–Trinajstić information content (AvgIpc) is 2.35. The Bertz CT molecular complexity index is 321. The molecule has 1 heterocycles. The van der Waals surface area contributed by atoms with E-state index < -0.39 is 0 Å². The Balaban J connectivity index is 2.68. The van der Waals surface area contributed by atoms with Gasteiger partial charge < -0.3 is 15.4 Å². The quantitative estimate of drug-likeness (QED) is 0.760. The number of aryl methyl sites for hydroxylation is 1. The maximum Gasteiger partial charge on any atom is 0.132 e. The Kier molecular flexibility index (Phi) is 5.69. The fourth-order valence-electron chi connectivity index (χ4n) is 1.45. The number of nitrogens with zero attached hydrogens (tertiary/aromatic N) is 2. The zero-order valence-corrected chi connectivity index (χ0v) is 11.1. The van der Waals surface area contributed by atoms with Crippen molar-refractivity contribution in [3.63, 3.8) is 0 Å². The second-order valence-electron chi connectivity index (χ2n) is 3.86. The first-order chi connectivity index (χ1) is 8.19. The van der Waals surface area contributed by atoms with Gasteiger partial charge in [-0.25, -0.2) is 9.97 Å². The van der Waals surface area contributed by atoms with E-state index >= 15 is 0 Å². The standard InChI is InChI=1S/C12H22N4O/c1-5-10-15-11(13-4)7-12(16-10)14-9(3)8-17-6-2/h7,9H,5-6,8H2,1-4H3,(H2,13,14,15,16). The van der Waals surface area contributed by atoms with Gasteiger partial charge in [0.1, 0.15) is 17.5 Å². The lowest BCUT2D eigenvalue weighted by Gasteiger charge is -2.15. The summed E-state index contributed by atoms with van der Waals surface area (Å²) in [7, 11) is 1.86. The molecule has 1 unspecified atom stereocenters. The SMILES string of the molecule is CCOCC(C)Nc1cc(NC)nc(CC)n1. The molecular weight excluding hydrogens is 216 g/mol. The molecule has 0 aliphatic rings. The second-order valence-corrected chi connectivity index (χ2v) is 3.86. The van der Waals surface area contributed by atoms with Crippen molar-refractivity contribution in [2.75, 3.05) is 30.9 Å². The highest BCUT2D eigenvalue weighted by molar-refractivity contribution is 5.47. The first-order valence-corrected chi connectivity index (χ1v) is 6.09. The Labute approximate surface area is 103 Å². The van der Waals surface area contributed by atoms with Crippen molar-refractivity contribution in [2.45, 2.75) is 33.2 Å². The Morgan fingerprint density at radius 3 is 2.59 bits per heavy atom. The third kappa shape index (κ3) is 4.56.